The second kappa shape index (κ2) is 62.5. The summed E-state index contributed by atoms with van der Waals surface area (Å²) in [6.07, 6.45) is 30.8. The number of benzene rings is 4. The first-order valence-electron chi connectivity index (χ1n) is 43.3. The molecule has 8 aliphatic rings. The van der Waals surface area contributed by atoms with Gasteiger partial charge in [0, 0.05) is 84.6 Å². The summed E-state index contributed by atoms with van der Waals surface area (Å²) in [5.41, 5.74) is 1.90. The van der Waals surface area contributed by atoms with E-state index in [0.29, 0.717) is 83.9 Å². The van der Waals surface area contributed by atoms with Crippen LogP contribution in [0, 0.1) is 53.6 Å². The molecule has 4 aromatic carbocycles. The summed E-state index contributed by atoms with van der Waals surface area (Å²) in [5, 5.41) is 32.9. The summed E-state index contributed by atoms with van der Waals surface area (Å²) in [4.78, 5) is 33.3. The number of fused-ring (bicyclic) bond motifs is 1. The van der Waals surface area contributed by atoms with Crippen LogP contribution in [0.1, 0.15) is 210 Å². The molecular formula is C95H147BBrCl7F3LiMgO13Si4. The second-order valence-electron chi connectivity index (χ2n) is 38.5. The molecule has 1 saturated heterocycles. The van der Waals surface area contributed by atoms with Crippen molar-refractivity contribution in [2.45, 2.75) is 290 Å². The van der Waals surface area contributed by atoms with Gasteiger partial charge in [0.05, 0.1) is 37.3 Å². The molecule has 126 heavy (non-hydrogen) atoms. The first kappa shape index (κ1) is 127. The van der Waals surface area contributed by atoms with Crippen molar-refractivity contribution in [2.75, 3.05) is 53.4 Å². The summed E-state index contributed by atoms with van der Waals surface area (Å²) in [5.74, 6) is 2.18. The van der Waals surface area contributed by atoms with Gasteiger partial charge < -0.3 is 64.2 Å². The van der Waals surface area contributed by atoms with Crippen molar-refractivity contribution in [3.05, 3.63) is 186 Å². The fraction of sp³-hybridized carbons (Fsp3) is 0.632. The number of carboxylic acid groups (broad SMARTS) is 1. The zero-order valence-corrected chi connectivity index (χ0v) is 92.1. The van der Waals surface area contributed by atoms with Crippen LogP contribution in [0.25, 0.3) is 0 Å². The number of hydrogen-bond donors (Lipinski definition) is 3. The van der Waals surface area contributed by atoms with Gasteiger partial charge in [-0.3, -0.25) is 27.3 Å². The molecule has 0 aromatic heterocycles. The Morgan fingerprint density at radius 1 is 0.500 bits per heavy atom. The van der Waals surface area contributed by atoms with E-state index in [1.54, 1.807) is 60.7 Å². The number of aliphatic carboxylic acids is 1. The van der Waals surface area contributed by atoms with Crippen molar-refractivity contribution < 1.29 is 110 Å². The first-order valence-corrected chi connectivity index (χ1v) is 57.6. The van der Waals surface area contributed by atoms with Gasteiger partial charge in [0.1, 0.15) is 5.78 Å². The minimum Gasteiger partial charge on any atom is -1.00 e. The number of esters is 1. The Morgan fingerprint density at radius 2 is 0.857 bits per heavy atom. The van der Waals surface area contributed by atoms with Crippen molar-refractivity contribution in [1.29, 1.82) is 0 Å². The number of carbonyl (C=O) groups is 3. The second-order valence-corrected chi connectivity index (χ2v) is 60.8. The van der Waals surface area contributed by atoms with E-state index in [4.69, 9.17) is 119 Å². The molecule has 7 aliphatic carbocycles. The van der Waals surface area contributed by atoms with Gasteiger partial charge in [-0.15, -0.1) is 40.9 Å². The molecule has 13 nitrogen and oxygen atoms in total. The van der Waals surface area contributed by atoms with E-state index >= 15 is 0 Å². The Labute approximate surface area is 835 Å². The monoisotopic (exact) mass is 2030 g/mol. The summed E-state index contributed by atoms with van der Waals surface area (Å²) in [7, 11) is -8.76. The van der Waals surface area contributed by atoms with Crippen molar-refractivity contribution in [2.24, 2.45) is 41.4 Å². The van der Waals surface area contributed by atoms with Crippen LogP contribution in [0.3, 0.4) is 0 Å². The topological polar surface area (TPSA) is 180 Å². The van der Waals surface area contributed by atoms with E-state index in [9.17, 15) is 32.4 Å². The van der Waals surface area contributed by atoms with Gasteiger partial charge in [0.15, 0.2) is 33.3 Å². The Morgan fingerprint density at radius 3 is 1.17 bits per heavy atom. The number of carbonyl (C=O) groups excluding carboxylic acids is 2. The molecule has 4 aromatic rings. The zero-order valence-electron chi connectivity index (χ0n) is 79.8. The molecule has 1 aliphatic heterocycles. The van der Waals surface area contributed by atoms with Crippen LogP contribution >= 0.6 is 81.2 Å². The van der Waals surface area contributed by atoms with Crippen LogP contribution in [0.2, 0.25) is 108 Å². The van der Waals surface area contributed by atoms with Gasteiger partial charge in [-0.25, -0.2) is 0 Å². The van der Waals surface area contributed by atoms with Gasteiger partial charge in [-0.1, -0.05) is 205 Å². The van der Waals surface area contributed by atoms with Crippen molar-refractivity contribution >= 4 is 163 Å². The third kappa shape index (κ3) is 50.0. The fourth-order valence-corrected chi connectivity index (χ4v) is 18.6. The van der Waals surface area contributed by atoms with Crippen molar-refractivity contribution in [3.63, 3.8) is 0 Å². The maximum absolute atomic E-state index is 12.4. The average Bonchev–Trinajstić information content (AvgIpc) is 1.64. The van der Waals surface area contributed by atoms with E-state index in [0.717, 1.165) is 119 Å². The van der Waals surface area contributed by atoms with Crippen LogP contribution in [0.15, 0.2) is 127 Å². The number of carboxylic acids is 1. The van der Waals surface area contributed by atoms with E-state index in [-0.39, 0.29) is 116 Å². The fourth-order valence-electron chi connectivity index (χ4n) is 12.6. The minimum atomic E-state index is -3.67. The molecule has 0 spiro atoms. The molecular weight excluding hydrogens is 1890 g/mol. The zero-order chi connectivity index (χ0) is 93.5. The number of methoxy groups -OCH3 is 1. The van der Waals surface area contributed by atoms with E-state index < -0.39 is 46.8 Å². The number of allylic oxidation sites excluding steroid dienone is 8. The SMILES string of the molecule is CC(C)(C)[Si](C)(C)OCC1CC(=O)C(c2ccc(Cl)cc2Cl)C1.CC(C)(C)[Si](C)(C)OCC1CC(O)C(c2ccc(Cl)cc2Cl)C1.CC(C)(C)[Si](C)(C)OCC1CC2OC2C1.CC(C)(C)[Si](C)(C)OCC1CC=CC1.CCOCC.COC(=O)C1CC=CC1.Clc1[c-]ccc(Cl)c1.Clc1cc[c-]cc1.FB(F)F.O=C(O)C1CC=CC1.OCC1CC=CC1.[Br-].[Li+].[Mg+2]. The van der Waals surface area contributed by atoms with Crippen LogP contribution in [-0.4, -0.2) is 169 Å². The number of rotatable bonds is 19. The predicted molar refractivity (Wildman–Crippen MR) is 526 cm³/mol. The molecule has 4 fully saturated rings. The molecule has 12 rings (SSSR count). The number of aliphatic hydroxyl groups is 2. The van der Waals surface area contributed by atoms with Gasteiger partial charge in [0.25, 0.3) is 0 Å². The minimum absolute atomic E-state index is 0. The number of Topliss-reactive ketones (excluding diaryl/α,β-unsaturated/α-hetero) is 1. The summed E-state index contributed by atoms with van der Waals surface area (Å²) in [6.45, 7) is 54.9. The molecule has 1 heterocycles. The average molecular weight is 2040 g/mol. The molecule has 3 saturated carbocycles. The largest absolute Gasteiger partial charge is 2.00 e. The first-order chi connectivity index (χ1) is 57.0. The number of ether oxygens (including phenoxy) is 3. The molecule has 31 heteroatoms. The molecule has 0 radical (unpaired) electrons. The predicted octanol–water partition coefficient (Wildman–Crippen LogP) is 22.7. The molecule has 0 bridgehead atoms. The Bertz CT molecular complexity index is 3800. The number of halogens is 11. The van der Waals surface area contributed by atoms with Gasteiger partial charge in [-0.05, 0) is 235 Å². The van der Waals surface area contributed by atoms with E-state index in [1.807, 2.05) is 56.4 Å². The summed E-state index contributed by atoms with van der Waals surface area (Å²) in [6, 6.07) is 28.7. The third-order valence-corrected chi connectivity index (χ3v) is 44.6. The van der Waals surface area contributed by atoms with Gasteiger partial charge >= 0.3 is 61.4 Å². The number of aliphatic hydroxyl groups excluding tert-OH is 2. The maximum atomic E-state index is 12.4. The molecule has 704 valence electrons. The van der Waals surface area contributed by atoms with Crippen LogP contribution < -0.4 is 35.8 Å². The van der Waals surface area contributed by atoms with Crippen molar-refractivity contribution in [3.8, 4) is 0 Å². The van der Waals surface area contributed by atoms with E-state index in [2.05, 4.69) is 177 Å². The van der Waals surface area contributed by atoms with Crippen LogP contribution in [0.4, 0.5) is 12.9 Å². The molecule has 7 atom stereocenters. The van der Waals surface area contributed by atoms with Crippen LogP contribution in [0.5, 0.6) is 0 Å². The summed E-state index contributed by atoms with van der Waals surface area (Å²) < 4.78 is 68.9. The normalized spacial score (nSPS) is 20.5. The Kier molecular flexibility index (Phi) is 62.8. The quantitative estimate of drug-likeness (QED) is 0.0266. The number of epoxide rings is 1. The third-order valence-electron chi connectivity index (χ3n) is 24.7. The number of hydrogen-bond acceptors (Lipinski definition) is 12. The van der Waals surface area contributed by atoms with Gasteiger partial charge in [0.2, 0.25) is 0 Å². The molecule has 0 amide bonds. The van der Waals surface area contributed by atoms with E-state index in [1.165, 1.54) is 32.8 Å². The smallest absolute Gasteiger partial charge is 1.00 e. The maximum Gasteiger partial charge on any atom is 2.00 e. The molecule has 3 N–H and O–H groups in total. The number of ketones is 1. The Hall–Kier alpha value is -1.27. The van der Waals surface area contributed by atoms with Gasteiger partial charge in [-0.2, -0.15) is 48.5 Å². The standard InChI is InChI=1S/C18H28Cl2O2Si.C18H26Cl2O2Si.C12H24O2Si.C12H24OSi.C7H10O2.C6H3Cl2.C6H4Cl.C6H8O2.C6H10O.C4H10O.BF3.BrH.Li.Mg/c2*1-18(2,3)23(4,5)22-11-12-8-15(17(21)9-12)14-7-6-13(19)10-16(14)20;1-12(2,3)15(4,5)13-8-9-6-10-11(7-9)14-10;1-12(2,3)14(4,5)13-10-11-8-6-7-9-11;1-9-7(8)6-4-2-3-5-6;7-5-2-1-3-6(8)4-5;7-6-4-2-1-3-5-6;7-6(8)5-3-1-2-4-5;7-5-6-3-1-2-4-6;1-3-5-4-2;2-1(3)4;;;/h6-7,10,12,15,17,21H,8-9,11H2,1-5H3;6-7,10,12,15H,8-9,11H2,1-5H3;9-11H,6-8H2,1-5H3;6-7,11H,8-10H2,1-5H3;2-3,6H,4-5H2,1H3;1-2,4H;2-5H;1-2,5H,3-4H2,(H,7,8);1-2,6-7H,3-5H2;3-4H2,1-2H3;;1H;;/q;;;;;2*-1;;;;;;+1;+2/p-1. The Balaban J connectivity index is 0. The summed E-state index contributed by atoms with van der Waals surface area (Å²) >= 11 is 41.1. The molecule has 7 unspecified atom stereocenters. The van der Waals surface area contributed by atoms with Crippen molar-refractivity contribution in [1.82, 2.24) is 0 Å². The van der Waals surface area contributed by atoms with Crippen LogP contribution in [-0.2, 0) is 46.3 Å².